The quantitative estimate of drug-likeness (QED) is 0.185. The predicted octanol–water partition coefficient (Wildman–Crippen LogP) is 12.3. The van der Waals surface area contributed by atoms with Crippen molar-refractivity contribution in [3.63, 3.8) is 0 Å². The van der Waals surface area contributed by atoms with Gasteiger partial charge >= 0.3 is 0 Å². The third-order valence-corrected chi connectivity index (χ3v) is 11.0. The Morgan fingerprint density at radius 1 is 0.431 bits per heavy atom. The minimum absolute atomic E-state index is 0.270. The Morgan fingerprint density at radius 2 is 1.02 bits per heavy atom. The number of para-hydroxylation sites is 5. The van der Waals surface area contributed by atoms with Crippen LogP contribution in [0.3, 0.4) is 0 Å². The lowest BCUT2D eigenvalue weighted by Gasteiger charge is -2.28. The van der Waals surface area contributed by atoms with E-state index in [2.05, 4.69) is 202 Å². The molecule has 0 saturated heterocycles. The molecule has 9 aromatic rings. The van der Waals surface area contributed by atoms with Crippen molar-refractivity contribution in [3.05, 3.63) is 194 Å². The molecule has 2 aromatic heterocycles. The molecule has 0 spiro atoms. The van der Waals surface area contributed by atoms with Crippen LogP contribution in [0.5, 0.6) is 0 Å². The van der Waals surface area contributed by atoms with Crippen molar-refractivity contribution in [3.8, 4) is 22.5 Å². The molecule has 2 aliphatic rings. The molecule has 2 atom stereocenters. The molecule has 7 aromatic carbocycles. The van der Waals surface area contributed by atoms with Gasteiger partial charge in [-0.2, -0.15) is 0 Å². The van der Waals surface area contributed by atoms with Gasteiger partial charge in [0.1, 0.15) is 0 Å². The van der Waals surface area contributed by atoms with Crippen LogP contribution in [0, 0.1) is 0 Å². The highest BCUT2D eigenvalue weighted by atomic mass is 15.2. The van der Waals surface area contributed by atoms with E-state index in [4.69, 9.17) is 0 Å². The lowest BCUT2D eigenvalue weighted by atomic mass is 9.91. The second-order valence-electron chi connectivity index (χ2n) is 13.7. The highest BCUT2D eigenvalue weighted by Gasteiger charge is 2.37. The number of hydrogen-bond acceptors (Lipinski definition) is 1. The molecule has 1 aliphatic heterocycles. The molecule has 3 heteroatoms. The topological polar surface area (TPSA) is 13.1 Å². The molecule has 0 saturated carbocycles. The van der Waals surface area contributed by atoms with Crippen molar-refractivity contribution in [2.24, 2.45) is 0 Å². The average Bonchev–Trinajstić information content (AvgIpc) is 3.84. The summed E-state index contributed by atoms with van der Waals surface area (Å²) in [5.41, 5.74) is 13.5. The van der Waals surface area contributed by atoms with Crippen molar-refractivity contribution in [1.29, 1.82) is 0 Å². The summed E-state index contributed by atoms with van der Waals surface area (Å²) in [5, 5.41) is 5.05. The normalized spacial score (nSPS) is 16.4. The van der Waals surface area contributed by atoms with Gasteiger partial charge in [0.25, 0.3) is 0 Å². The van der Waals surface area contributed by atoms with Crippen LogP contribution in [-0.2, 0) is 0 Å². The first-order valence-corrected chi connectivity index (χ1v) is 17.8. The Bertz CT molecular complexity index is 2850. The molecular weight excluding hydrogens is 619 g/mol. The highest BCUT2D eigenvalue weighted by molar-refractivity contribution is 6.29. The molecule has 0 N–H and O–H groups in total. The Morgan fingerprint density at radius 3 is 1.76 bits per heavy atom. The molecule has 0 radical (unpaired) electrons. The number of allylic oxidation sites excluding steroid dienone is 2. The molecule has 240 valence electrons. The van der Waals surface area contributed by atoms with E-state index in [1.165, 1.54) is 71.7 Å². The molecule has 1 aliphatic carbocycles. The summed E-state index contributed by atoms with van der Waals surface area (Å²) >= 11 is 0. The standard InChI is InChI=1S/C48H33N3/c1-3-15-33(16-4-1)50-43-25-13-10-22-39(43)47-45(50)31-40(46-38-21-9-14-26-44(38)51(48(46)47)34-17-5-2-6-18-34)32-27-29-35(30-28-32)49-41-23-11-7-19-36(41)37-20-8-12-24-42(37)49/h1-31,36,41H. The summed E-state index contributed by atoms with van der Waals surface area (Å²) in [7, 11) is 0. The first kappa shape index (κ1) is 28.3. The average molecular weight is 652 g/mol. The fraction of sp³-hybridized carbons (Fsp3) is 0.0417. The van der Waals surface area contributed by atoms with Gasteiger partial charge in [0.2, 0.25) is 0 Å². The second kappa shape index (κ2) is 11.0. The number of hydrogen-bond donors (Lipinski definition) is 0. The Balaban J connectivity index is 1.23. The van der Waals surface area contributed by atoms with Crippen LogP contribution in [0.2, 0.25) is 0 Å². The van der Waals surface area contributed by atoms with Gasteiger partial charge in [-0.15, -0.1) is 0 Å². The zero-order valence-corrected chi connectivity index (χ0v) is 27.9. The third kappa shape index (κ3) is 4.06. The van der Waals surface area contributed by atoms with Crippen molar-refractivity contribution < 1.29 is 0 Å². The van der Waals surface area contributed by atoms with Gasteiger partial charge in [0.05, 0.1) is 28.1 Å². The summed E-state index contributed by atoms with van der Waals surface area (Å²) in [6.45, 7) is 0. The van der Waals surface area contributed by atoms with Gasteiger partial charge in [0, 0.05) is 50.2 Å². The summed E-state index contributed by atoms with van der Waals surface area (Å²) in [6.07, 6.45) is 9.07. The van der Waals surface area contributed by atoms with Gasteiger partial charge < -0.3 is 14.0 Å². The number of nitrogens with zero attached hydrogens (tertiary/aromatic N) is 3. The molecule has 2 unspecified atom stereocenters. The molecule has 0 bridgehead atoms. The summed E-state index contributed by atoms with van der Waals surface area (Å²) in [6, 6.07) is 60.3. The van der Waals surface area contributed by atoms with Crippen molar-refractivity contribution in [2.75, 3.05) is 4.90 Å². The molecule has 0 fully saturated rings. The predicted molar refractivity (Wildman–Crippen MR) is 214 cm³/mol. The maximum Gasteiger partial charge on any atom is 0.0647 e. The van der Waals surface area contributed by atoms with Gasteiger partial charge in [-0.05, 0) is 77.4 Å². The van der Waals surface area contributed by atoms with Crippen LogP contribution >= 0.6 is 0 Å². The van der Waals surface area contributed by atoms with Gasteiger partial charge in [-0.25, -0.2) is 0 Å². The SMILES string of the molecule is C1=CC2c3ccccc3N(c3ccc(-c4cc5c(c6ccccc6n5-c5ccccc5)c5c4c4ccccc4n5-c4ccccc4)cc3)C2C=C1. The van der Waals surface area contributed by atoms with E-state index in [-0.39, 0.29) is 6.04 Å². The first-order valence-electron chi connectivity index (χ1n) is 17.8. The van der Waals surface area contributed by atoms with E-state index in [0.717, 1.165) is 11.4 Å². The maximum absolute atomic E-state index is 2.51. The Kier molecular flexibility index (Phi) is 6.08. The minimum atomic E-state index is 0.270. The fourth-order valence-corrected chi connectivity index (χ4v) is 8.92. The van der Waals surface area contributed by atoms with E-state index in [1.54, 1.807) is 0 Å². The minimum Gasteiger partial charge on any atom is -0.333 e. The largest absolute Gasteiger partial charge is 0.333 e. The number of fused-ring (bicyclic) bond motifs is 10. The molecule has 51 heavy (non-hydrogen) atoms. The van der Waals surface area contributed by atoms with Crippen LogP contribution in [0.1, 0.15) is 11.5 Å². The fourth-order valence-electron chi connectivity index (χ4n) is 8.92. The lowest BCUT2D eigenvalue weighted by molar-refractivity contribution is 0.745. The molecule has 0 amide bonds. The summed E-state index contributed by atoms with van der Waals surface area (Å²) in [4.78, 5) is 2.51. The Labute approximate surface area is 296 Å². The number of aromatic nitrogens is 2. The molecule has 3 heterocycles. The van der Waals surface area contributed by atoms with Crippen molar-refractivity contribution in [2.45, 2.75) is 12.0 Å². The van der Waals surface area contributed by atoms with Gasteiger partial charge in [0.15, 0.2) is 0 Å². The Hall–Kier alpha value is -6.58. The molecule has 3 nitrogen and oxygen atoms in total. The third-order valence-electron chi connectivity index (χ3n) is 11.0. The summed E-state index contributed by atoms with van der Waals surface area (Å²) < 4.78 is 4.93. The number of rotatable bonds is 4. The van der Waals surface area contributed by atoms with Crippen LogP contribution in [-0.4, -0.2) is 15.2 Å². The van der Waals surface area contributed by atoms with Crippen molar-refractivity contribution in [1.82, 2.24) is 9.13 Å². The maximum atomic E-state index is 2.51. The zero-order valence-electron chi connectivity index (χ0n) is 27.9. The zero-order chi connectivity index (χ0) is 33.5. The van der Waals surface area contributed by atoms with E-state index in [9.17, 15) is 0 Å². The second-order valence-corrected chi connectivity index (χ2v) is 13.7. The van der Waals surface area contributed by atoms with E-state index < -0.39 is 0 Å². The van der Waals surface area contributed by atoms with Crippen LogP contribution in [0.4, 0.5) is 11.4 Å². The number of anilines is 2. The van der Waals surface area contributed by atoms with Crippen LogP contribution in [0.25, 0.3) is 66.1 Å². The monoisotopic (exact) mass is 651 g/mol. The van der Waals surface area contributed by atoms with Crippen molar-refractivity contribution >= 4 is 55.0 Å². The van der Waals surface area contributed by atoms with Gasteiger partial charge in [-0.3, -0.25) is 0 Å². The molecule has 11 rings (SSSR count). The lowest BCUT2D eigenvalue weighted by Crippen LogP contribution is -2.28. The van der Waals surface area contributed by atoms with E-state index >= 15 is 0 Å². The first-order chi connectivity index (χ1) is 25.3. The van der Waals surface area contributed by atoms with Crippen LogP contribution < -0.4 is 4.90 Å². The molecular formula is C48H33N3. The van der Waals surface area contributed by atoms with Gasteiger partial charge in [-0.1, -0.05) is 127 Å². The van der Waals surface area contributed by atoms with E-state index in [1.807, 2.05) is 0 Å². The van der Waals surface area contributed by atoms with E-state index in [0.29, 0.717) is 5.92 Å². The highest BCUT2D eigenvalue weighted by Crippen LogP contribution is 2.49. The number of benzene rings is 7. The summed E-state index contributed by atoms with van der Waals surface area (Å²) in [5.74, 6) is 0.358. The smallest absolute Gasteiger partial charge is 0.0647 e. The van der Waals surface area contributed by atoms with Crippen LogP contribution in [0.15, 0.2) is 188 Å².